The molecule has 24 heavy (non-hydrogen) atoms. The predicted octanol–water partition coefficient (Wildman–Crippen LogP) is 1.55. The number of fused-ring (bicyclic) bond motifs is 2. The molecule has 126 valence electrons. The van der Waals surface area contributed by atoms with E-state index in [1.54, 1.807) is 6.08 Å². The van der Waals surface area contributed by atoms with Crippen molar-refractivity contribution in [2.45, 2.75) is 18.8 Å². The molecule has 1 aromatic rings. The lowest BCUT2D eigenvalue weighted by molar-refractivity contribution is -0.139. The maximum Gasteiger partial charge on any atom is 0.337 e. The van der Waals surface area contributed by atoms with Crippen molar-refractivity contribution in [1.82, 2.24) is 0 Å². The molecule has 0 saturated carbocycles. The molecule has 0 aliphatic carbocycles. The van der Waals surface area contributed by atoms with Crippen molar-refractivity contribution >= 4 is 11.9 Å². The molecule has 0 aromatic heterocycles. The summed E-state index contributed by atoms with van der Waals surface area (Å²) >= 11 is 0. The first-order valence-corrected chi connectivity index (χ1v) is 7.54. The Labute approximate surface area is 139 Å². The number of carbonyl (C=O) groups is 2. The van der Waals surface area contributed by atoms with Crippen LogP contribution < -0.4 is 0 Å². The van der Waals surface area contributed by atoms with Crippen molar-refractivity contribution in [3.8, 4) is 0 Å². The molecule has 2 bridgehead atoms. The minimum atomic E-state index is -0.618. The van der Waals surface area contributed by atoms with Crippen LogP contribution in [0.15, 0.2) is 53.1 Å². The van der Waals surface area contributed by atoms with Gasteiger partial charge in [0.25, 0.3) is 0 Å². The van der Waals surface area contributed by atoms with Gasteiger partial charge in [0.15, 0.2) is 0 Å². The molecular weight excluding hydrogens is 312 g/mol. The molecule has 6 heteroatoms. The number of carbonyl (C=O) groups excluding carboxylic acids is 2. The van der Waals surface area contributed by atoms with E-state index in [4.69, 9.17) is 18.9 Å². The van der Waals surface area contributed by atoms with Crippen molar-refractivity contribution in [2.75, 3.05) is 20.8 Å². The Bertz CT molecular complexity index is 703. The molecule has 2 aliphatic rings. The van der Waals surface area contributed by atoms with Gasteiger partial charge in [-0.25, -0.2) is 9.59 Å². The summed E-state index contributed by atoms with van der Waals surface area (Å²) in [4.78, 5) is 24.0. The highest BCUT2D eigenvalue weighted by Crippen LogP contribution is 2.40. The summed E-state index contributed by atoms with van der Waals surface area (Å²) in [5, 5.41) is 0. The van der Waals surface area contributed by atoms with Gasteiger partial charge in [0, 0.05) is 0 Å². The summed E-state index contributed by atoms with van der Waals surface area (Å²) < 4.78 is 20.9. The Morgan fingerprint density at radius 1 is 1.00 bits per heavy atom. The normalized spacial score (nSPS) is 21.7. The van der Waals surface area contributed by atoms with Crippen LogP contribution in [0.4, 0.5) is 0 Å². The molecule has 0 spiro atoms. The number of benzene rings is 1. The number of rotatable bonds is 6. The molecule has 2 aliphatic heterocycles. The minimum absolute atomic E-state index is 0.204. The Morgan fingerprint density at radius 2 is 1.67 bits per heavy atom. The number of methoxy groups -OCH3 is 2. The van der Waals surface area contributed by atoms with Gasteiger partial charge in [0.1, 0.15) is 12.2 Å². The van der Waals surface area contributed by atoms with Crippen molar-refractivity contribution in [1.29, 1.82) is 0 Å². The third-order valence-corrected chi connectivity index (χ3v) is 4.01. The van der Waals surface area contributed by atoms with Gasteiger partial charge in [-0.15, -0.1) is 0 Å². The van der Waals surface area contributed by atoms with Crippen LogP contribution in [-0.4, -0.2) is 45.0 Å². The van der Waals surface area contributed by atoms with Crippen molar-refractivity contribution in [3.63, 3.8) is 0 Å². The second-order valence-electron chi connectivity index (χ2n) is 5.47. The molecule has 0 fully saturated rings. The molecule has 0 saturated heterocycles. The topological polar surface area (TPSA) is 71.1 Å². The maximum absolute atomic E-state index is 12.0. The Balaban J connectivity index is 1.70. The lowest BCUT2D eigenvalue weighted by Gasteiger charge is -2.16. The zero-order chi connectivity index (χ0) is 17.1. The molecule has 0 amide bonds. The molecule has 0 unspecified atom stereocenters. The van der Waals surface area contributed by atoms with Gasteiger partial charge >= 0.3 is 11.9 Å². The van der Waals surface area contributed by atoms with E-state index in [2.05, 4.69) is 0 Å². The molecular formula is C18H18O6. The lowest BCUT2D eigenvalue weighted by atomic mass is 9.91. The number of hydrogen-bond acceptors (Lipinski definition) is 6. The Kier molecular flexibility index (Phi) is 4.78. The summed E-state index contributed by atoms with van der Waals surface area (Å²) in [6.07, 6.45) is 0.591. The average Bonchev–Trinajstić information content (AvgIpc) is 3.19. The van der Waals surface area contributed by atoms with Gasteiger partial charge in [0.2, 0.25) is 0 Å². The van der Waals surface area contributed by atoms with Crippen LogP contribution in [0.3, 0.4) is 0 Å². The fourth-order valence-electron chi connectivity index (χ4n) is 2.90. The summed E-state index contributed by atoms with van der Waals surface area (Å²) in [5.74, 6) is -1.17. The molecule has 2 atom stereocenters. The zero-order valence-electron chi connectivity index (χ0n) is 13.5. The second-order valence-corrected chi connectivity index (χ2v) is 5.47. The van der Waals surface area contributed by atoms with E-state index in [0.717, 1.165) is 11.1 Å². The SMILES string of the molecule is COC(=O)C1=C(C(=O)OC)[C@H]2C=C(COCc3ccccc3)[C@@H]1O2. The van der Waals surface area contributed by atoms with Gasteiger partial charge in [0.05, 0.1) is 38.6 Å². The highest BCUT2D eigenvalue weighted by Gasteiger charge is 2.47. The van der Waals surface area contributed by atoms with Crippen LogP contribution in [0.1, 0.15) is 5.56 Å². The molecule has 0 radical (unpaired) electrons. The van der Waals surface area contributed by atoms with E-state index in [0.29, 0.717) is 13.2 Å². The van der Waals surface area contributed by atoms with Crippen LogP contribution >= 0.6 is 0 Å². The van der Waals surface area contributed by atoms with Crippen LogP contribution in [-0.2, 0) is 35.1 Å². The second kappa shape index (κ2) is 6.98. The van der Waals surface area contributed by atoms with Crippen LogP contribution in [0.2, 0.25) is 0 Å². The summed E-state index contributed by atoms with van der Waals surface area (Å²) in [7, 11) is 2.54. The molecule has 0 N–H and O–H groups in total. The molecule has 1 aromatic carbocycles. The van der Waals surface area contributed by atoms with Crippen molar-refractivity contribution < 1.29 is 28.5 Å². The molecule has 6 nitrogen and oxygen atoms in total. The summed E-state index contributed by atoms with van der Waals surface area (Å²) in [6, 6.07) is 9.78. The maximum atomic E-state index is 12.0. The highest BCUT2D eigenvalue weighted by molar-refractivity contribution is 6.04. The van der Waals surface area contributed by atoms with Crippen molar-refractivity contribution in [2.24, 2.45) is 0 Å². The lowest BCUT2D eigenvalue weighted by Crippen LogP contribution is -2.24. The first kappa shape index (κ1) is 16.4. The Hall–Kier alpha value is -2.44. The van der Waals surface area contributed by atoms with Gasteiger partial charge in [-0.3, -0.25) is 0 Å². The number of hydrogen-bond donors (Lipinski definition) is 0. The van der Waals surface area contributed by atoms with E-state index < -0.39 is 24.1 Å². The fourth-order valence-corrected chi connectivity index (χ4v) is 2.90. The van der Waals surface area contributed by atoms with Crippen LogP contribution in [0, 0.1) is 0 Å². The van der Waals surface area contributed by atoms with Gasteiger partial charge in [-0.05, 0) is 17.2 Å². The van der Waals surface area contributed by atoms with Gasteiger partial charge in [-0.2, -0.15) is 0 Å². The van der Waals surface area contributed by atoms with E-state index in [1.807, 2.05) is 30.3 Å². The predicted molar refractivity (Wildman–Crippen MR) is 83.9 cm³/mol. The quantitative estimate of drug-likeness (QED) is 0.582. The first-order valence-electron chi connectivity index (χ1n) is 7.54. The third-order valence-electron chi connectivity index (χ3n) is 4.01. The van der Waals surface area contributed by atoms with Gasteiger partial charge < -0.3 is 18.9 Å². The fraction of sp³-hybridized carbons (Fsp3) is 0.333. The van der Waals surface area contributed by atoms with Gasteiger partial charge in [-0.1, -0.05) is 30.3 Å². The van der Waals surface area contributed by atoms with E-state index >= 15 is 0 Å². The van der Waals surface area contributed by atoms with E-state index in [1.165, 1.54) is 14.2 Å². The van der Waals surface area contributed by atoms with E-state index in [9.17, 15) is 9.59 Å². The third kappa shape index (κ3) is 2.98. The minimum Gasteiger partial charge on any atom is -0.466 e. The molecule has 2 heterocycles. The number of esters is 2. The zero-order valence-corrected chi connectivity index (χ0v) is 13.5. The highest BCUT2D eigenvalue weighted by atomic mass is 16.5. The first-order chi connectivity index (χ1) is 11.7. The average molecular weight is 330 g/mol. The number of ether oxygens (including phenoxy) is 4. The summed E-state index contributed by atoms with van der Waals surface area (Å²) in [5.41, 5.74) is 2.28. The summed E-state index contributed by atoms with van der Waals surface area (Å²) in [6.45, 7) is 0.766. The molecule has 3 rings (SSSR count). The van der Waals surface area contributed by atoms with Crippen LogP contribution in [0.25, 0.3) is 0 Å². The standard InChI is InChI=1S/C18H18O6/c1-21-17(19)14-13-8-12(16(24-13)15(14)18(20)22-2)10-23-9-11-6-4-3-5-7-11/h3-8,13,16H,9-10H2,1-2H3/t13-,16+/m1/s1. The van der Waals surface area contributed by atoms with Crippen LogP contribution in [0.5, 0.6) is 0 Å². The Morgan fingerprint density at radius 3 is 2.33 bits per heavy atom. The smallest absolute Gasteiger partial charge is 0.337 e. The van der Waals surface area contributed by atoms with Crippen molar-refractivity contribution in [3.05, 3.63) is 58.7 Å². The monoisotopic (exact) mass is 330 g/mol. The largest absolute Gasteiger partial charge is 0.466 e. The van der Waals surface area contributed by atoms with E-state index in [-0.39, 0.29) is 11.1 Å².